The molecule has 35 heavy (non-hydrogen) atoms. The van der Waals surface area contributed by atoms with Gasteiger partial charge in [-0.1, -0.05) is 38.1 Å². The van der Waals surface area contributed by atoms with Crippen LogP contribution in [0.4, 0.5) is 4.79 Å². The number of alkyl carbamates (subject to hydrolysis) is 1. The van der Waals surface area contributed by atoms with Crippen LogP contribution in [-0.4, -0.2) is 55.9 Å². The summed E-state index contributed by atoms with van der Waals surface area (Å²) in [7, 11) is 1.30. The number of benzene rings is 1. The van der Waals surface area contributed by atoms with Gasteiger partial charge in [0.05, 0.1) is 30.7 Å². The number of ether oxygens (including phenoxy) is 1. The molecule has 0 saturated carbocycles. The zero-order valence-corrected chi connectivity index (χ0v) is 20.7. The number of H-pyrrole nitrogens is 1. The lowest BCUT2D eigenvalue weighted by atomic mass is 10.0. The van der Waals surface area contributed by atoms with Crippen LogP contribution in [0.2, 0.25) is 0 Å². The number of amides is 2. The number of hydrogen-bond donors (Lipinski definition) is 2. The Kier molecular flexibility index (Phi) is 6.29. The largest absolute Gasteiger partial charge is 0.453 e. The minimum Gasteiger partial charge on any atom is -0.453 e. The van der Waals surface area contributed by atoms with Crippen molar-refractivity contribution in [1.82, 2.24) is 29.6 Å². The van der Waals surface area contributed by atoms with Gasteiger partial charge in [-0.15, -0.1) is 11.3 Å². The first-order valence-electron chi connectivity index (χ1n) is 11.7. The second kappa shape index (κ2) is 9.53. The number of hydrogen-bond acceptors (Lipinski definition) is 6. The zero-order valence-electron chi connectivity index (χ0n) is 19.9. The second-order valence-corrected chi connectivity index (χ2v) is 9.90. The molecule has 1 fully saturated rings. The quantitative estimate of drug-likeness (QED) is 0.412. The SMILES string of the molecule is COC(=O)NC(C(=O)N1CCCC1c1ncc(-c2ccc(-c3cn4ccsc4n3)cc2)[nH]1)C(C)C. The van der Waals surface area contributed by atoms with Gasteiger partial charge in [0.15, 0.2) is 4.96 Å². The predicted octanol–water partition coefficient (Wildman–Crippen LogP) is 4.50. The minimum atomic E-state index is -0.650. The van der Waals surface area contributed by atoms with Crippen molar-refractivity contribution < 1.29 is 14.3 Å². The van der Waals surface area contributed by atoms with Crippen molar-refractivity contribution in [2.75, 3.05) is 13.7 Å². The van der Waals surface area contributed by atoms with Gasteiger partial charge in [0.1, 0.15) is 11.9 Å². The number of fused-ring (bicyclic) bond motifs is 1. The summed E-state index contributed by atoms with van der Waals surface area (Å²) in [5, 5.41) is 4.70. The van der Waals surface area contributed by atoms with Gasteiger partial charge in [-0.3, -0.25) is 9.20 Å². The summed E-state index contributed by atoms with van der Waals surface area (Å²) in [6, 6.07) is 7.40. The Balaban J connectivity index is 1.33. The second-order valence-electron chi connectivity index (χ2n) is 9.03. The average molecular weight is 493 g/mol. The first-order chi connectivity index (χ1) is 16.9. The van der Waals surface area contributed by atoms with Crippen molar-refractivity contribution in [2.24, 2.45) is 5.92 Å². The summed E-state index contributed by atoms with van der Waals surface area (Å²) in [5.41, 5.74) is 3.89. The summed E-state index contributed by atoms with van der Waals surface area (Å²) in [4.78, 5) is 40.6. The highest BCUT2D eigenvalue weighted by Crippen LogP contribution is 2.33. The third-order valence-electron chi connectivity index (χ3n) is 6.42. The summed E-state index contributed by atoms with van der Waals surface area (Å²) in [6.45, 7) is 4.44. The van der Waals surface area contributed by atoms with Gasteiger partial charge in [0, 0.05) is 29.9 Å². The standard InChI is InChI=1S/C25H28N6O3S/c1-15(2)21(29-25(33)34-3)23(32)31-10-4-5-20(31)22-26-13-18(27-22)16-6-8-17(9-7-16)19-14-30-11-12-35-24(30)28-19/h6-9,11-15,20-21H,4-5,10H2,1-3H3,(H,26,27)(H,29,33). The van der Waals surface area contributed by atoms with Crippen LogP contribution in [0.5, 0.6) is 0 Å². The number of likely N-dealkylation sites (tertiary alicyclic amines) is 1. The average Bonchev–Trinajstić information content (AvgIpc) is 3.64. The number of thiazole rings is 1. The lowest BCUT2D eigenvalue weighted by molar-refractivity contribution is -0.135. The van der Waals surface area contributed by atoms with Crippen molar-refractivity contribution in [3.05, 3.63) is 54.1 Å². The molecule has 0 aliphatic carbocycles. The highest BCUT2D eigenvalue weighted by Gasteiger charge is 2.37. The lowest BCUT2D eigenvalue weighted by Crippen LogP contribution is -2.51. The molecule has 3 aromatic heterocycles. The van der Waals surface area contributed by atoms with Gasteiger partial charge < -0.3 is 19.9 Å². The molecular weight excluding hydrogens is 464 g/mol. The molecule has 1 aliphatic rings. The molecule has 5 rings (SSSR count). The van der Waals surface area contributed by atoms with Crippen LogP contribution in [-0.2, 0) is 9.53 Å². The smallest absolute Gasteiger partial charge is 0.407 e. The molecule has 2 unspecified atom stereocenters. The van der Waals surface area contributed by atoms with Crippen molar-refractivity contribution in [2.45, 2.75) is 38.8 Å². The molecule has 4 aromatic rings. The van der Waals surface area contributed by atoms with Crippen LogP contribution in [0.3, 0.4) is 0 Å². The molecule has 1 aromatic carbocycles. The third kappa shape index (κ3) is 4.53. The predicted molar refractivity (Wildman–Crippen MR) is 134 cm³/mol. The van der Waals surface area contributed by atoms with E-state index in [1.165, 1.54) is 7.11 Å². The maximum Gasteiger partial charge on any atom is 0.407 e. The zero-order chi connectivity index (χ0) is 24.5. The number of carbonyl (C=O) groups excluding carboxylic acids is 2. The Morgan fingerprint density at radius 1 is 1.23 bits per heavy atom. The molecular formula is C25H28N6O3S. The number of methoxy groups -OCH3 is 1. The van der Waals surface area contributed by atoms with Crippen LogP contribution in [0.15, 0.2) is 48.2 Å². The number of aromatic amines is 1. The van der Waals surface area contributed by atoms with E-state index in [1.807, 2.05) is 59.3 Å². The van der Waals surface area contributed by atoms with Crippen molar-refractivity contribution in [3.63, 3.8) is 0 Å². The Labute approximate surface area is 207 Å². The van der Waals surface area contributed by atoms with Gasteiger partial charge in [0.25, 0.3) is 0 Å². The monoisotopic (exact) mass is 492 g/mol. The fraction of sp³-hybridized carbons (Fsp3) is 0.360. The fourth-order valence-corrected chi connectivity index (χ4v) is 5.23. The normalized spacial score (nSPS) is 16.7. The molecule has 9 nitrogen and oxygen atoms in total. The fourth-order valence-electron chi connectivity index (χ4n) is 4.53. The van der Waals surface area contributed by atoms with Crippen molar-refractivity contribution in [3.8, 4) is 22.5 Å². The Bertz CT molecular complexity index is 1310. The Morgan fingerprint density at radius 3 is 2.71 bits per heavy atom. The molecule has 182 valence electrons. The summed E-state index contributed by atoms with van der Waals surface area (Å²) in [6.07, 6.45) is 6.94. The topological polar surface area (TPSA) is 105 Å². The minimum absolute atomic E-state index is 0.0698. The molecule has 0 radical (unpaired) electrons. The van der Waals surface area contributed by atoms with Crippen LogP contribution in [0, 0.1) is 5.92 Å². The van der Waals surface area contributed by atoms with E-state index in [0.717, 1.165) is 46.1 Å². The first-order valence-corrected chi connectivity index (χ1v) is 12.6. The van der Waals surface area contributed by atoms with E-state index in [2.05, 4.69) is 32.4 Å². The van der Waals surface area contributed by atoms with E-state index in [4.69, 9.17) is 4.74 Å². The van der Waals surface area contributed by atoms with Gasteiger partial charge in [0.2, 0.25) is 5.91 Å². The van der Waals surface area contributed by atoms with Crippen LogP contribution in [0.25, 0.3) is 27.5 Å². The summed E-state index contributed by atoms with van der Waals surface area (Å²) < 4.78 is 6.73. The number of nitrogens with zero attached hydrogens (tertiary/aromatic N) is 4. The van der Waals surface area contributed by atoms with Gasteiger partial charge in [-0.25, -0.2) is 14.8 Å². The molecule has 1 aliphatic heterocycles. The lowest BCUT2D eigenvalue weighted by Gasteiger charge is -2.30. The molecule has 0 bridgehead atoms. The maximum absolute atomic E-state index is 13.3. The van der Waals surface area contributed by atoms with E-state index in [1.54, 1.807) is 11.3 Å². The maximum atomic E-state index is 13.3. The van der Waals surface area contributed by atoms with E-state index in [0.29, 0.717) is 6.54 Å². The molecule has 2 amide bonds. The molecule has 4 heterocycles. The van der Waals surface area contributed by atoms with E-state index in [9.17, 15) is 9.59 Å². The van der Waals surface area contributed by atoms with Crippen LogP contribution < -0.4 is 5.32 Å². The Hall–Kier alpha value is -3.66. The molecule has 2 atom stereocenters. The third-order valence-corrected chi connectivity index (χ3v) is 7.19. The number of imidazole rings is 2. The van der Waals surface area contributed by atoms with Crippen LogP contribution >= 0.6 is 11.3 Å². The van der Waals surface area contributed by atoms with Crippen molar-refractivity contribution >= 4 is 28.3 Å². The number of carbonyl (C=O) groups is 2. The van der Waals surface area contributed by atoms with E-state index < -0.39 is 12.1 Å². The Morgan fingerprint density at radius 2 is 2.00 bits per heavy atom. The van der Waals surface area contributed by atoms with Crippen molar-refractivity contribution in [1.29, 1.82) is 0 Å². The number of rotatable bonds is 6. The van der Waals surface area contributed by atoms with Gasteiger partial charge >= 0.3 is 6.09 Å². The summed E-state index contributed by atoms with van der Waals surface area (Å²) >= 11 is 1.61. The highest BCUT2D eigenvalue weighted by molar-refractivity contribution is 7.15. The van der Waals surface area contributed by atoms with Crippen LogP contribution in [0.1, 0.15) is 38.6 Å². The number of aromatic nitrogens is 4. The molecule has 10 heteroatoms. The van der Waals surface area contributed by atoms with E-state index >= 15 is 0 Å². The number of nitrogens with one attached hydrogen (secondary N) is 2. The summed E-state index contributed by atoms with van der Waals surface area (Å²) in [5.74, 6) is 0.569. The molecule has 1 saturated heterocycles. The van der Waals surface area contributed by atoms with Gasteiger partial charge in [-0.2, -0.15) is 0 Å². The van der Waals surface area contributed by atoms with E-state index in [-0.39, 0.29) is 17.9 Å². The van der Waals surface area contributed by atoms with Gasteiger partial charge in [-0.05, 0) is 24.3 Å². The first kappa shape index (κ1) is 23.1. The molecule has 0 spiro atoms. The highest BCUT2D eigenvalue weighted by atomic mass is 32.1. The molecule has 2 N–H and O–H groups in total.